The summed E-state index contributed by atoms with van der Waals surface area (Å²) in [7, 11) is 1.21. The van der Waals surface area contributed by atoms with E-state index in [4.69, 9.17) is 9.47 Å². The third-order valence-corrected chi connectivity index (χ3v) is 3.67. The summed E-state index contributed by atoms with van der Waals surface area (Å²) in [6.07, 6.45) is -1.23. The van der Waals surface area contributed by atoms with E-state index in [1.807, 2.05) is 0 Å². The second-order valence-electron chi connectivity index (χ2n) is 4.88. The van der Waals surface area contributed by atoms with E-state index in [-0.39, 0.29) is 11.3 Å². The second-order valence-corrected chi connectivity index (χ2v) is 4.88. The highest BCUT2D eigenvalue weighted by atomic mass is 19.2. The summed E-state index contributed by atoms with van der Waals surface area (Å²) >= 11 is 0. The second kappa shape index (κ2) is 5.29. The Morgan fingerprint density at radius 3 is 2.59 bits per heavy atom. The molecule has 0 fully saturated rings. The van der Waals surface area contributed by atoms with Crippen LogP contribution in [-0.4, -0.2) is 24.3 Å². The average Bonchev–Trinajstić information content (AvgIpc) is 2.89. The van der Waals surface area contributed by atoms with Gasteiger partial charge < -0.3 is 14.6 Å². The van der Waals surface area contributed by atoms with Gasteiger partial charge in [0.2, 0.25) is 11.9 Å². The Hall–Kier alpha value is -2.63. The summed E-state index contributed by atoms with van der Waals surface area (Å²) in [6, 6.07) is 9.05. The lowest BCUT2D eigenvalue weighted by molar-refractivity contribution is -0.144. The van der Waals surface area contributed by atoms with Gasteiger partial charge in [0.1, 0.15) is 5.75 Å². The molecule has 0 unspecified atom stereocenters. The van der Waals surface area contributed by atoms with Crippen molar-refractivity contribution in [1.82, 2.24) is 0 Å². The molecule has 2 atom stereocenters. The Labute approximate surface area is 124 Å². The van der Waals surface area contributed by atoms with E-state index in [0.717, 1.165) is 6.07 Å². The van der Waals surface area contributed by atoms with Crippen LogP contribution in [0.1, 0.15) is 17.0 Å². The molecule has 0 radical (unpaired) electrons. The lowest BCUT2D eigenvalue weighted by Crippen LogP contribution is -2.29. The fourth-order valence-electron chi connectivity index (χ4n) is 2.74. The molecule has 6 heteroatoms. The van der Waals surface area contributed by atoms with Gasteiger partial charge in [0, 0.05) is 11.1 Å². The maximum atomic E-state index is 13.9. The zero-order valence-corrected chi connectivity index (χ0v) is 11.5. The van der Waals surface area contributed by atoms with Crippen molar-refractivity contribution in [3.05, 3.63) is 59.2 Å². The van der Waals surface area contributed by atoms with E-state index in [2.05, 4.69) is 0 Å². The standard InChI is InChI=1S/C16H12F2O4/c1-21-14-9(6-7-10(17)13(14)18)12-8-4-2-3-5-11(8)22-15(12)16(19)20/h2-7,12,15H,1H3,(H,19,20)/t12-,15+/m0/s1. The molecule has 0 aromatic heterocycles. The monoisotopic (exact) mass is 306 g/mol. The number of ether oxygens (including phenoxy) is 2. The minimum Gasteiger partial charge on any atom is -0.493 e. The molecule has 0 saturated heterocycles. The Kier molecular flexibility index (Phi) is 3.44. The fraction of sp³-hybridized carbons (Fsp3) is 0.188. The molecular formula is C16H12F2O4. The number of rotatable bonds is 3. The van der Waals surface area contributed by atoms with Gasteiger partial charge in [-0.3, -0.25) is 0 Å². The molecule has 114 valence electrons. The Balaban J connectivity index is 2.21. The highest BCUT2D eigenvalue weighted by Gasteiger charge is 2.42. The number of carboxylic acids is 1. The number of hydrogen-bond donors (Lipinski definition) is 1. The zero-order valence-electron chi connectivity index (χ0n) is 11.5. The van der Waals surface area contributed by atoms with Crippen LogP contribution >= 0.6 is 0 Å². The van der Waals surface area contributed by atoms with Crippen LogP contribution in [0.5, 0.6) is 11.5 Å². The Morgan fingerprint density at radius 2 is 1.91 bits per heavy atom. The van der Waals surface area contributed by atoms with Gasteiger partial charge in [-0.25, -0.2) is 9.18 Å². The van der Waals surface area contributed by atoms with Crippen molar-refractivity contribution < 1.29 is 28.2 Å². The van der Waals surface area contributed by atoms with Crippen LogP contribution < -0.4 is 9.47 Å². The maximum absolute atomic E-state index is 13.9. The number of carbonyl (C=O) groups is 1. The van der Waals surface area contributed by atoms with Crippen molar-refractivity contribution in [2.45, 2.75) is 12.0 Å². The summed E-state index contributed by atoms with van der Waals surface area (Å²) < 4.78 is 37.7. The normalized spacial score (nSPS) is 19.4. The summed E-state index contributed by atoms with van der Waals surface area (Å²) in [4.78, 5) is 11.5. The number of benzene rings is 2. The van der Waals surface area contributed by atoms with Gasteiger partial charge in [0.25, 0.3) is 0 Å². The van der Waals surface area contributed by atoms with Gasteiger partial charge in [-0.2, -0.15) is 4.39 Å². The molecule has 0 aliphatic carbocycles. The molecule has 0 spiro atoms. The van der Waals surface area contributed by atoms with Crippen LogP contribution in [0.2, 0.25) is 0 Å². The largest absolute Gasteiger partial charge is 0.493 e. The van der Waals surface area contributed by atoms with Crippen molar-refractivity contribution >= 4 is 5.97 Å². The third kappa shape index (κ3) is 2.07. The fourth-order valence-corrected chi connectivity index (χ4v) is 2.74. The van der Waals surface area contributed by atoms with Crippen molar-refractivity contribution in [2.24, 2.45) is 0 Å². The summed E-state index contributed by atoms with van der Waals surface area (Å²) in [5, 5.41) is 9.37. The third-order valence-electron chi connectivity index (χ3n) is 3.67. The smallest absolute Gasteiger partial charge is 0.345 e. The van der Waals surface area contributed by atoms with Crippen molar-refractivity contribution in [2.75, 3.05) is 7.11 Å². The lowest BCUT2D eigenvalue weighted by Gasteiger charge is -2.19. The number of methoxy groups -OCH3 is 1. The molecule has 3 rings (SSSR count). The Morgan fingerprint density at radius 1 is 1.18 bits per heavy atom. The predicted octanol–water partition coefficient (Wildman–Crippen LogP) is 2.95. The molecule has 1 heterocycles. The minimum absolute atomic E-state index is 0.235. The molecular weight excluding hydrogens is 294 g/mol. The quantitative estimate of drug-likeness (QED) is 0.947. The van der Waals surface area contributed by atoms with E-state index in [0.29, 0.717) is 11.3 Å². The van der Waals surface area contributed by atoms with E-state index >= 15 is 0 Å². The first-order valence-corrected chi connectivity index (χ1v) is 6.55. The lowest BCUT2D eigenvalue weighted by atomic mass is 9.87. The molecule has 2 aromatic rings. The molecule has 1 aliphatic rings. The molecule has 0 amide bonds. The first-order chi connectivity index (χ1) is 10.5. The molecule has 22 heavy (non-hydrogen) atoms. The first kappa shape index (κ1) is 14.3. The van der Waals surface area contributed by atoms with E-state index in [1.165, 1.54) is 13.2 Å². The summed E-state index contributed by atoms with van der Waals surface area (Å²) in [6.45, 7) is 0. The summed E-state index contributed by atoms with van der Waals surface area (Å²) in [5.74, 6) is -4.07. The molecule has 4 nitrogen and oxygen atoms in total. The minimum atomic E-state index is -1.23. The van der Waals surface area contributed by atoms with Crippen LogP contribution in [0.15, 0.2) is 36.4 Å². The van der Waals surface area contributed by atoms with Crippen LogP contribution in [-0.2, 0) is 4.79 Å². The topological polar surface area (TPSA) is 55.8 Å². The number of carboxylic acid groups (broad SMARTS) is 1. The predicted molar refractivity (Wildman–Crippen MR) is 73.2 cm³/mol. The van der Waals surface area contributed by atoms with E-state index < -0.39 is 29.6 Å². The number of fused-ring (bicyclic) bond motifs is 1. The van der Waals surface area contributed by atoms with Crippen LogP contribution in [0.3, 0.4) is 0 Å². The first-order valence-electron chi connectivity index (χ1n) is 6.55. The van der Waals surface area contributed by atoms with Crippen LogP contribution in [0, 0.1) is 11.6 Å². The van der Waals surface area contributed by atoms with Crippen molar-refractivity contribution in [1.29, 1.82) is 0 Å². The van der Waals surface area contributed by atoms with Crippen molar-refractivity contribution in [3.8, 4) is 11.5 Å². The van der Waals surface area contributed by atoms with Crippen LogP contribution in [0.25, 0.3) is 0 Å². The van der Waals surface area contributed by atoms with Crippen molar-refractivity contribution in [3.63, 3.8) is 0 Å². The molecule has 1 N–H and O–H groups in total. The van der Waals surface area contributed by atoms with Gasteiger partial charge in [-0.1, -0.05) is 24.3 Å². The van der Waals surface area contributed by atoms with E-state index in [9.17, 15) is 18.7 Å². The number of hydrogen-bond acceptors (Lipinski definition) is 3. The Bertz CT molecular complexity index is 745. The van der Waals surface area contributed by atoms with E-state index in [1.54, 1.807) is 24.3 Å². The molecule has 1 aliphatic heterocycles. The van der Waals surface area contributed by atoms with Crippen LogP contribution in [0.4, 0.5) is 8.78 Å². The number of halogens is 2. The average molecular weight is 306 g/mol. The molecule has 0 saturated carbocycles. The zero-order chi connectivity index (χ0) is 15.9. The number of aliphatic carboxylic acids is 1. The SMILES string of the molecule is COc1c([C@@H]2c3ccccc3O[C@H]2C(=O)O)ccc(F)c1F. The highest BCUT2D eigenvalue weighted by Crippen LogP contribution is 2.45. The van der Waals surface area contributed by atoms with Gasteiger partial charge in [-0.05, 0) is 12.1 Å². The number of para-hydroxylation sites is 1. The molecule has 0 bridgehead atoms. The van der Waals surface area contributed by atoms with Gasteiger partial charge in [0.05, 0.1) is 13.0 Å². The van der Waals surface area contributed by atoms with Gasteiger partial charge in [0.15, 0.2) is 11.6 Å². The van der Waals surface area contributed by atoms with Gasteiger partial charge in [-0.15, -0.1) is 0 Å². The molecule has 2 aromatic carbocycles. The summed E-state index contributed by atoms with van der Waals surface area (Å²) in [5.41, 5.74) is 0.831. The van der Waals surface area contributed by atoms with Gasteiger partial charge >= 0.3 is 5.97 Å². The maximum Gasteiger partial charge on any atom is 0.345 e. The highest BCUT2D eigenvalue weighted by molar-refractivity contribution is 5.78.